The number of fused-ring (bicyclic) bond motifs is 1. The quantitative estimate of drug-likeness (QED) is 0.793. The molecule has 2 aromatic rings. The summed E-state index contributed by atoms with van der Waals surface area (Å²) in [5.74, 6) is -1.65. The van der Waals surface area contributed by atoms with Crippen molar-refractivity contribution in [2.75, 3.05) is 31.1 Å². The predicted molar refractivity (Wildman–Crippen MR) is 115 cm³/mol. The van der Waals surface area contributed by atoms with Gasteiger partial charge in [0.15, 0.2) is 0 Å². The van der Waals surface area contributed by atoms with E-state index in [0.717, 1.165) is 48.1 Å². The predicted octanol–water partition coefficient (Wildman–Crippen LogP) is 3.90. The van der Waals surface area contributed by atoms with Crippen molar-refractivity contribution in [3.8, 4) is 0 Å². The molecule has 1 aromatic heterocycles. The summed E-state index contributed by atoms with van der Waals surface area (Å²) in [6, 6.07) is 6.66. The van der Waals surface area contributed by atoms with Crippen molar-refractivity contribution in [2.24, 2.45) is 5.92 Å². The highest BCUT2D eigenvalue weighted by Crippen LogP contribution is 2.37. The Labute approximate surface area is 180 Å². The molecule has 1 aromatic carbocycles. The van der Waals surface area contributed by atoms with Gasteiger partial charge in [-0.1, -0.05) is 13.0 Å². The molecule has 3 atom stereocenters. The molecule has 2 saturated heterocycles. The van der Waals surface area contributed by atoms with Gasteiger partial charge in [-0.15, -0.1) is 0 Å². The van der Waals surface area contributed by atoms with Gasteiger partial charge in [-0.3, -0.25) is 14.7 Å². The van der Waals surface area contributed by atoms with Crippen molar-refractivity contribution in [1.29, 1.82) is 0 Å². The van der Waals surface area contributed by atoms with Crippen LogP contribution in [0.5, 0.6) is 0 Å². The second kappa shape index (κ2) is 8.65. The zero-order valence-electron chi connectivity index (χ0n) is 18.0. The summed E-state index contributed by atoms with van der Waals surface area (Å²) < 4.78 is 41.3. The number of carbonyl (C=O) groups is 1. The van der Waals surface area contributed by atoms with Crippen molar-refractivity contribution < 1.29 is 18.0 Å². The fourth-order valence-corrected chi connectivity index (χ4v) is 5.01. The van der Waals surface area contributed by atoms with Crippen LogP contribution >= 0.6 is 0 Å². The monoisotopic (exact) mass is 434 g/mol. The first-order chi connectivity index (χ1) is 14.8. The summed E-state index contributed by atoms with van der Waals surface area (Å²) in [7, 11) is 0. The Kier molecular flexibility index (Phi) is 6.10. The number of pyridine rings is 1. The zero-order valence-corrected chi connectivity index (χ0v) is 18.0. The molecule has 0 aliphatic carbocycles. The lowest BCUT2D eigenvalue weighted by atomic mass is 9.92. The Morgan fingerprint density at radius 1 is 1.26 bits per heavy atom. The Hall–Kier alpha value is -2.35. The van der Waals surface area contributed by atoms with Crippen molar-refractivity contribution in [2.45, 2.75) is 51.4 Å². The number of nitrogens with one attached hydrogen (secondary N) is 1. The molecule has 2 fully saturated rings. The molecule has 8 heteroatoms. The molecule has 5 nitrogen and oxygen atoms in total. The number of amides is 1. The summed E-state index contributed by atoms with van der Waals surface area (Å²) in [5.41, 5.74) is 2.51. The topological polar surface area (TPSA) is 48.5 Å². The Morgan fingerprint density at radius 3 is 2.81 bits per heavy atom. The van der Waals surface area contributed by atoms with Crippen LogP contribution in [0.4, 0.5) is 18.9 Å². The average Bonchev–Trinajstić information content (AvgIpc) is 3.22. The van der Waals surface area contributed by atoms with E-state index < -0.39 is 18.1 Å². The number of likely N-dealkylation sites (N-methyl/N-ethyl adjacent to an activating group) is 1. The molecule has 1 amide bonds. The number of anilines is 1. The summed E-state index contributed by atoms with van der Waals surface area (Å²) in [4.78, 5) is 21.2. The van der Waals surface area contributed by atoms with E-state index in [4.69, 9.17) is 0 Å². The van der Waals surface area contributed by atoms with E-state index in [1.54, 1.807) is 17.2 Å². The lowest BCUT2D eigenvalue weighted by Crippen LogP contribution is -2.56. The van der Waals surface area contributed by atoms with Gasteiger partial charge < -0.3 is 10.2 Å². The number of hydrogen-bond donors (Lipinski definition) is 1. The molecule has 168 valence electrons. The number of hydrogen-bond acceptors (Lipinski definition) is 4. The Bertz CT molecular complexity index is 948. The van der Waals surface area contributed by atoms with Gasteiger partial charge in [-0.25, -0.2) is 0 Å². The van der Waals surface area contributed by atoms with Crippen molar-refractivity contribution in [3.05, 3.63) is 36.0 Å². The molecule has 4 rings (SSSR count). The summed E-state index contributed by atoms with van der Waals surface area (Å²) >= 11 is 0. The number of halogens is 3. The van der Waals surface area contributed by atoms with Crippen molar-refractivity contribution >= 4 is 22.5 Å². The van der Waals surface area contributed by atoms with Gasteiger partial charge >= 0.3 is 6.18 Å². The van der Waals surface area contributed by atoms with Crippen LogP contribution in [0.1, 0.15) is 31.7 Å². The van der Waals surface area contributed by atoms with E-state index >= 15 is 0 Å². The minimum Gasteiger partial charge on any atom is -0.368 e. The third kappa shape index (κ3) is 4.49. The molecule has 2 unspecified atom stereocenters. The van der Waals surface area contributed by atoms with Crippen LogP contribution in [-0.2, 0) is 4.79 Å². The first-order valence-corrected chi connectivity index (χ1v) is 11.0. The van der Waals surface area contributed by atoms with Gasteiger partial charge in [0.1, 0.15) is 0 Å². The highest BCUT2D eigenvalue weighted by atomic mass is 19.4. The van der Waals surface area contributed by atoms with Crippen LogP contribution in [-0.4, -0.2) is 60.2 Å². The van der Waals surface area contributed by atoms with Crippen LogP contribution in [0.15, 0.2) is 30.5 Å². The lowest BCUT2D eigenvalue weighted by Gasteiger charge is -2.41. The molecule has 2 aliphatic heterocycles. The first-order valence-electron chi connectivity index (χ1n) is 11.0. The van der Waals surface area contributed by atoms with Gasteiger partial charge in [-0.05, 0) is 63.0 Å². The zero-order chi connectivity index (χ0) is 22.2. The number of aromatic nitrogens is 1. The van der Waals surface area contributed by atoms with Gasteiger partial charge in [0.25, 0.3) is 0 Å². The Morgan fingerprint density at radius 2 is 2.06 bits per heavy atom. The fraction of sp³-hybridized carbons (Fsp3) is 0.565. The largest absolute Gasteiger partial charge is 0.393 e. The van der Waals surface area contributed by atoms with Crippen molar-refractivity contribution in [3.63, 3.8) is 0 Å². The van der Waals surface area contributed by atoms with E-state index in [1.807, 2.05) is 32.0 Å². The van der Waals surface area contributed by atoms with Crippen LogP contribution in [0.3, 0.4) is 0 Å². The number of alkyl halides is 3. The Balaban J connectivity index is 1.60. The van der Waals surface area contributed by atoms with Gasteiger partial charge in [0, 0.05) is 36.4 Å². The average molecular weight is 435 g/mol. The fourth-order valence-electron chi connectivity index (χ4n) is 5.01. The van der Waals surface area contributed by atoms with Crippen LogP contribution in [0.2, 0.25) is 0 Å². The molecular weight excluding hydrogens is 405 g/mol. The molecule has 0 spiro atoms. The van der Waals surface area contributed by atoms with Gasteiger partial charge in [-0.2, -0.15) is 13.2 Å². The SMILES string of the molecule is CCN1CCC[C@H]1C(=O)NC1CC(C(F)(F)F)CN(c2ccc(C)c3ncccc23)C1. The van der Waals surface area contributed by atoms with E-state index in [2.05, 4.69) is 15.2 Å². The van der Waals surface area contributed by atoms with E-state index in [1.165, 1.54) is 0 Å². The standard InChI is InChI=1S/C23H29F3N4O/c1-3-29-11-5-7-20(29)22(31)28-17-12-16(23(24,25)26)13-30(14-17)19-9-8-15(2)21-18(19)6-4-10-27-21/h4,6,8-10,16-17,20H,3,5,7,11-14H2,1-2H3,(H,28,31)/t16?,17?,20-/m0/s1. The van der Waals surface area contributed by atoms with Gasteiger partial charge in [0.2, 0.25) is 5.91 Å². The smallest absolute Gasteiger partial charge is 0.368 e. The summed E-state index contributed by atoms with van der Waals surface area (Å²) in [6.07, 6.45) is -1.02. The first kappa shape index (κ1) is 21.9. The van der Waals surface area contributed by atoms with E-state index in [0.29, 0.717) is 6.54 Å². The summed E-state index contributed by atoms with van der Waals surface area (Å²) in [6.45, 7) is 5.81. The minimum absolute atomic E-state index is 0.0906. The molecule has 31 heavy (non-hydrogen) atoms. The maximum atomic E-state index is 13.8. The number of nitrogens with zero attached hydrogens (tertiary/aromatic N) is 3. The number of aryl methyl sites for hydroxylation is 1. The minimum atomic E-state index is -4.32. The molecule has 0 radical (unpaired) electrons. The highest BCUT2D eigenvalue weighted by molar-refractivity contribution is 5.94. The number of benzene rings is 1. The van der Waals surface area contributed by atoms with E-state index in [9.17, 15) is 18.0 Å². The van der Waals surface area contributed by atoms with Crippen LogP contribution in [0, 0.1) is 12.8 Å². The molecular formula is C23H29F3N4O. The molecule has 2 aliphatic rings. The number of carbonyl (C=O) groups excluding carboxylic acids is 1. The maximum absolute atomic E-state index is 13.8. The normalized spacial score (nSPS) is 25.2. The summed E-state index contributed by atoms with van der Waals surface area (Å²) in [5, 5.41) is 3.78. The number of piperidine rings is 1. The number of likely N-dealkylation sites (tertiary alicyclic amines) is 1. The molecule has 3 heterocycles. The van der Waals surface area contributed by atoms with Crippen molar-refractivity contribution in [1.82, 2.24) is 15.2 Å². The van der Waals surface area contributed by atoms with E-state index in [-0.39, 0.29) is 24.9 Å². The van der Waals surface area contributed by atoms with Crippen LogP contribution < -0.4 is 10.2 Å². The molecule has 0 bridgehead atoms. The number of rotatable bonds is 4. The second-order valence-corrected chi connectivity index (χ2v) is 8.67. The second-order valence-electron chi connectivity index (χ2n) is 8.67. The lowest BCUT2D eigenvalue weighted by molar-refractivity contribution is -0.178. The third-order valence-electron chi connectivity index (χ3n) is 6.62. The highest BCUT2D eigenvalue weighted by Gasteiger charge is 2.45. The van der Waals surface area contributed by atoms with Crippen LogP contribution in [0.25, 0.3) is 10.9 Å². The molecule has 0 saturated carbocycles. The maximum Gasteiger partial charge on any atom is 0.393 e. The van der Waals surface area contributed by atoms with Gasteiger partial charge in [0.05, 0.1) is 17.5 Å². The molecule has 1 N–H and O–H groups in total. The third-order valence-corrected chi connectivity index (χ3v) is 6.62.